The second kappa shape index (κ2) is 4.18. The quantitative estimate of drug-likeness (QED) is 0.639. The van der Waals surface area contributed by atoms with Crippen LogP contribution in [0, 0.1) is 6.92 Å². The standard InChI is InChI=1S/C15H14N2O/c1-11-8-9-13-14(10-11)18-15(17(13)2)16-12-6-4-3-5-7-12/h3-10H,1-2H3/b16-15-. The highest BCUT2D eigenvalue weighted by Gasteiger charge is 2.04. The summed E-state index contributed by atoms with van der Waals surface area (Å²) in [5, 5.41) is 0. The monoisotopic (exact) mass is 238 g/mol. The van der Waals surface area contributed by atoms with E-state index in [2.05, 4.69) is 24.0 Å². The van der Waals surface area contributed by atoms with Crippen molar-refractivity contribution in [1.82, 2.24) is 4.57 Å². The predicted molar refractivity (Wildman–Crippen MR) is 71.6 cm³/mol. The molecule has 0 aliphatic heterocycles. The average molecular weight is 238 g/mol. The van der Waals surface area contributed by atoms with E-state index >= 15 is 0 Å². The molecule has 0 radical (unpaired) electrons. The van der Waals surface area contributed by atoms with Crippen molar-refractivity contribution in [3.63, 3.8) is 0 Å². The zero-order chi connectivity index (χ0) is 12.5. The minimum atomic E-state index is 0.613. The highest BCUT2D eigenvalue weighted by molar-refractivity contribution is 5.73. The molecule has 0 saturated carbocycles. The number of para-hydroxylation sites is 1. The van der Waals surface area contributed by atoms with Crippen molar-refractivity contribution in [3.05, 3.63) is 59.8 Å². The molecule has 0 aliphatic rings. The molecule has 90 valence electrons. The highest BCUT2D eigenvalue weighted by atomic mass is 16.3. The minimum absolute atomic E-state index is 0.613. The molecule has 3 nitrogen and oxygen atoms in total. The van der Waals surface area contributed by atoms with Crippen LogP contribution in [-0.2, 0) is 7.05 Å². The Morgan fingerprint density at radius 2 is 1.83 bits per heavy atom. The van der Waals surface area contributed by atoms with Gasteiger partial charge in [0.1, 0.15) is 0 Å². The molecule has 0 N–H and O–H groups in total. The molecule has 0 unspecified atom stereocenters. The Morgan fingerprint density at radius 3 is 2.61 bits per heavy atom. The SMILES string of the molecule is Cc1ccc2c(c1)o/c(=N\c1ccccc1)n2C. The van der Waals surface area contributed by atoms with Gasteiger partial charge >= 0.3 is 5.68 Å². The van der Waals surface area contributed by atoms with Crippen molar-refractivity contribution in [3.8, 4) is 0 Å². The van der Waals surface area contributed by atoms with Crippen LogP contribution in [0.15, 0.2) is 57.9 Å². The summed E-state index contributed by atoms with van der Waals surface area (Å²) in [7, 11) is 1.96. The van der Waals surface area contributed by atoms with Crippen molar-refractivity contribution in [2.24, 2.45) is 12.0 Å². The lowest BCUT2D eigenvalue weighted by Crippen LogP contribution is -2.10. The molecule has 2 aromatic carbocycles. The smallest absolute Gasteiger partial charge is 0.302 e. The van der Waals surface area contributed by atoms with Crippen LogP contribution >= 0.6 is 0 Å². The molecule has 1 heterocycles. The van der Waals surface area contributed by atoms with Crippen molar-refractivity contribution in [1.29, 1.82) is 0 Å². The van der Waals surface area contributed by atoms with E-state index in [1.165, 1.54) is 5.56 Å². The lowest BCUT2D eigenvalue weighted by Gasteiger charge is -1.93. The summed E-state index contributed by atoms with van der Waals surface area (Å²) in [5.41, 5.74) is 4.61. The number of fused-ring (bicyclic) bond motifs is 1. The van der Waals surface area contributed by atoms with Gasteiger partial charge in [-0.05, 0) is 36.8 Å². The molecule has 18 heavy (non-hydrogen) atoms. The molecule has 0 amide bonds. The van der Waals surface area contributed by atoms with Gasteiger partial charge in [0.05, 0.1) is 11.2 Å². The van der Waals surface area contributed by atoms with Gasteiger partial charge in [-0.2, -0.15) is 4.99 Å². The maximum absolute atomic E-state index is 5.78. The summed E-state index contributed by atoms with van der Waals surface area (Å²) in [4.78, 5) is 4.50. The van der Waals surface area contributed by atoms with E-state index in [1.54, 1.807) is 0 Å². The third-order valence-corrected chi connectivity index (χ3v) is 2.95. The number of hydrogen-bond acceptors (Lipinski definition) is 2. The molecular formula is C15H14N2O. The zero-order valence-electron chi connectivity index (χ0n) is 10.4. The van der Waals surface area contributed by atoms with Crippen LogP contribution in [-0.4, -0.2) is 4.57 Å². The maximum Gasteiger partial charge on any atom is 0.302 e. The van der Waals surface area contributed by atoms with Gasteiger partial charge in [-0.3, -0.25) is 4.57 Å². The van der Waals surface area contributed by atoms with E-state index in [0.29, 0.717) is 5.68 Å². The van der Waals surface area contributed by atoms with Crippen LogP contribution < -0.4 is 5.68 Å². The van der Waals surface area contributed by atoms with Gasteiger partial charge in [0.15, 0.2) is 5.58 Å². The van der Waals surface area contributed by atoms with E-state index in [0.717, 1.165) is 16.8 Å². The highest BCUT2D eigenvalue weighted by Crippen LogP contribution is 2.15. The van der Waals surface area contributed by atoms with E-state index in [1.807, 2.05) is 48.0 Å². The van der Waals surface area contributed by atoms with Gasteiger partial charge in [0.2, 0.25) is 0 Å². The summed E-state index contributed by atoms with van der Waals surface area (Å²) < 4.78 is 7.74. The van der Waals surface area contributed by atoms with Gasteiger partial charge in [0.25, 0.3) is 0 Å². The van der Waals surface area contributed by atoms with E-state index in [4.69, 9.17) is 4.42 Å². The van der Waals surface area contributed by atoms with Gasteiger partial charge in [-0.1, -0.05) is 24.3 Å². The lowest BCUT2D eigenvalue weighted by molar-refractivity contribution is 0.509. The first-order valence-corrected chi connectivity index (χ1v) is 5.90. The van der Waals surface area contributed by atoms with Crippen molar-refractivity contribution < 1.29 is 4.42 Å². The van der Waals surface area contributed by atoms with Crippen LogP contribution in [0.2, 0.25) is 0 Å². The molecule has 0 atom stereocenters. The Bertz CT molecular complexity index is 751. The van der Waals surface area contributed by atoms with Crippen LogP contribution in [0.5, 0.6) is 0 Å². The van der Waals surface area contributed by atoms with Gasteiger partial charge in [-0.25, -0.2) is 0 Å². The number of nitrogens with zero attached hydrogens (tertiary/aromatic N) is 2. The van der Waals surface area contributed by atoms with E-state index in [-0.39, 0.29) is 0 Å². The zero-order valence-corrected chi connectivity index (χ0v) is 10.4. The number of aromatic nitrogens is 1. The molecule has 3 rings (SSSR count). The normalized spacial score (nSPS) is 12.2. The summed E-state index contributed by atoms with van der Waals surface area (Å²) in [6, 6.07) is 16.0. The topological polar surface area (TPSA) is 30.4 Å². The second-order valence-electron chi connectivity index (χ2n) is 4.36. The number of rotatable bonds is 1. The molecular weight excluding hydrogens is 224 g/mol. The molecule has 0 saturated heterocycles. The Balaban J connectivity index is 2.24. The average Bonchev–Trinajstić information content (AvgIpc) is 2.67. The predicted octanol–water partition coefficient (Wildman–Crippen LogP) is 3.31. The Morgan fingerprint density at radius 1 is 1.06 bits per heavy atom. The maximum atomic E-state index is 5.78. The number of hydrogen-bond donors (Lipinski definition) is 0. The third-order valence-electron chi connectivity index (χ3n) is 2.95. The molecule has 0 bridgehead atoms. The van der Waals surface area contributed by atoms with Crippen molar-refractivity contribution in [2.45, 2.75) is 6.92 Å². The van der Waals surface area contributed by atoms with Crippen molar-refractivity contribution >= 4 is 16.8 Å². The molecule has 0 spiro atoms. The molecule has 1 aromatic heterocycles. The van der Waals surface area contributed by atoms with Gasteiger partial charge < -0.3 is 4.42 Å². The van der Waals surface area contributed by atoms with Crippen LogP contribution in [0.4, 0.5) is 5.69 Å². The largest absolute Gasteiger partial charge is 0.423 e. The Kier molecular flexibility index (Phi) is 2.52. The number of benzene rings is 2. The number of oxazole rings is 1. The molecule has 3 aromatic rings. The van der Waals surface area contributed by atoms with Crippen molar-refractivity contribution in [2.75, 3.05) is 0 Å². The first kappa shape index (κ1) is 10.8. The first-order valence-electron chi connectivity index (χ1n) is 5.90. The number of aryl methyl sites for hydroxylation is 2. The summed E-state index contributed by atoms with van der Waals surface area (Å²) in [6.07, 6.45) is 0. The fourth-order valence-corrected chi connectivity index (χ4v) is 1.96. The van der Waals surface area contributed by atoms with Crippen LogP contribution in [0.3, 0.4) is 0 Å². The summed E-state index contributed by atoms with van der Waals surface area (Å²) in [6.45, 7) is 2.05. The third kappa shape index (κ3) is 1.84. The fraction of sp³-hybridized carbons (Fsp3) is 0.133. The second-order valence-corrected chi connectivity index (χ2v) is 4.36. The van der Waals surface area contributed by atoms with Crippen LogP contribution in [0.25, 0.3) is 11.1 Å². The first-order chi connectivity index (χ1) is 8.74. The molecule has 0 fully saturated rings. The molecule has 0 aliphatic carbocycles. The van der Waals surface area contributed by atoms with Crippen LogP contribution in [0.1, 0.15) is 5.56 Å². The molecule has 3 heteroatoms. The Labute approximate surface area is 105 Å². The minimum Gasteiger partial charge on any atom is -0.423 e. The Hall–Kier alpha value is -2.29. The summed E-state index contributed by atoms with van der Waals surface area (Å²) >= 11 is 0. The van der Waals surface area contributed by atoms with E-state index < -0.39 is 0 Å². The lowest BCUT2D eigenvalue weighted by atomic mass is 10.2. The van der Waals surface area contributed by atoms with E-state index in [9.17, 15) is 0 Å². The van der Waals surface area contributed by atoms with Gasteiger partial charge in [-0.15, -0.1) is 0 Å². The fourth-order valence-electron chi connectivity index (χ4n) is 1.96. The summed E-state index contributed by atoms with van der Waals surface area (Å²) in [5.74, 6) is 0. The van der Waals surface area contributed by atoms with Gasteiger partial charge in [0, 0.05) is 7.05 Å².